The van der Waals surface area contributed by atoms with Crippen LogP contribution in [0.15, 0.2) is 24.3 Å². The lowest BCUT2D eigenvalue weighted by atomic mass is 10.1. The van der Waals surface area contributed by atoms with Crippen LogP contribution in [0.3, 0.4) is 0 Å². The largest absolute Gasteiger partial charge is 0.435 e. The van der Waals surface area contributed by atoms with Gasteiger partial charge in [-0.2, -0.15) is 8.78 Å². The van der Waals surface area contributed by atoms with Crippen LogP contribution < -0.4 is 15.4 Å². The number of ether oxygens (including phenoxy) is 1. The summed E-state index contributed by atoms with van der Waals surface area (Å²) in [5, 5.41) is 6.04. The number of benzene rings is 1. The van der Waals surface area contributed by atoms with Crippen LogP contribution >= 0.6 is 12.4 Å². The van der Waals surface area contributed by atoms with Crippen LogP contribution in [0.1, 0.15) is 31.4 Å². The molecule has 2 N–H and O–H groups in total. The second-order valence-corrected chi connectivity index (χ2v) is 4.83. The van der Waals surface area contributed by atoms with Gasteiger partial charge < -0.3 is 15.4 Å². The van der Waals surface area contributed by atoms with E-state index in [9.17, 15) is 13.6 Å². The average molecular weight is 321 g/mol. The molecule has 0 bridgehead atoms. The third kappa shape index (κ3) is 5.13. The zero-order valence-electron chi connectivity index (χ0n) is 11.6. The van der Waals surface area contributed by atoms with E-state index < -0.39 is 6.61 Å². The summed E-state index contributed by atoms with van der Waals surface area (Å²) in [5.41, 5.74) is 0.845. The Morgan fingerprint density at radius 2 is 2.05 bits per heavy atom. The molecule has 0 radical (unpaired) electrons. The zero-order chi connectivity index (χ0) is 14.5. The Kier molecular flexibility index (Phi) is 6.84. The fourth-order valence-corrected chi connectivity index (χ4v) is 2.24. The van der Waals surface area contributed by atoms with Gasteiger partial charge in [-0.15, -0.1) is 12.4 Å². The topological polar surface area (TPSA) is 50.4 Å². The van der Waals surface area contributed by atoms with E-state index >= 15 is 0 Å². The fraction of sp³-hybridized carbons (Fsp3) is 0.500. The van der Waals surface area contributed by atoms with Crippen molar-refractivity contribution in [3.63, 3.8) is 0 Å². The molecule has 1 heterocycles. The van der Waals surface area contributed by atoms with Gasteiger partial charge in [0.1, 0.15) is 5.75 Å². The molecule has 1 aliphatic rings. The first kappa shape index (κ1) is 17.7. The van der Waals surface area contributed by atoms with Gasteiger partial charge in [0.2, 0.25) is 5.91 Å². The van der Waals surface area contributed by atoms with Gasteiger partial charge >= 0.3 is 6.61 Å². The maximum absolute atomic E-state index is 12.0. The summed E-state index contributed by atoms with van der Waals surface area (Å²) in [6.45, 7) is -0.103. The van der Waals surface area contributed by atoms with E-state index in [2.05, 4.69) is 15.4 Å². The van der Waals surface area contributed by atoms with Crippen molar-refractivity contribution in [2.45, 2.75) is 38.5 Å². The molecule has 21 heavy (non-hydrogen) atoms. The highest BCUT2D eigenvalue weighted by molar-refractivity contribution is 5.85. The number of alkyl halides is 2. The molecule has 2 unspecified atom stereocenters. The third-order valence-electron chi connectivity index (χ3n) is 3.34. The predicted octanol–water partition coefficient (Wildman–Crippen LogP) is 2.64. The summed E-state index contributed by atoms with van der Waals surface area (Å²) in [4.78, 5) is 11.9. The fourth-order valence-electron chi connectivity index (χ4n) is 2.24. The summed E-state index contributed by atoms with van der Waals surface area (Å²) in [6.07, 6.45) is 1.85. The van der Waals surface area contributed by atoms with Crippen LogP contribution in [-0.4, -0.2) is 25.1 Å². The smallest absolute Gasteiger partial charge is 0.387 e. The standard InChI is InChI=1S/C14H18F2N2O2.ClH/c1-9(18-13(19)12-3-2-8-17-12)10-4-6-11(7-5-10)20-14(15)16;/h4-7,9,12,14,17H,2-3,8H2,1H3,(H,18,19);1H. The second kappa shape index (κ2) is 8.14. The number of halogens is 3. The van der Waals surface area contributed by atoms with Gasteiger partial charge in [0.25, 0.3) is 0 Å². The van der Waals surface area contributed by atoms with Crippen molar-refractivity contribution in [1.82, 2.24) is 10.6 Å². The molecule has 1 aromatic carbocycles. The Morgan fingerprint density at radius 1 is 1.38 bits per heavy atom. The summed E-state index contributed by atoms with van der Waals surface area (Å²) in [5.74, 6) is 0.0858. The van der Waals surface area contributed by atoms with Gasteiger partial charge in [0.15, 0.2) is 0 Å². The minimum absolute atomic E-state index is 0. The van der Waals surface area contributed by atoms with Crippen LogP contribution in [0.2, 0.25) is 0 Å². The number of hydrogen-bond donors (Lipinski definition) is 2. The highest BCUT2D eigenvalue weighted by atomic mass is 35.5. The number of hydrogen-bond acceptors (Lipinski definition) is 3. The maximum atomic E-state index is 12.0. The van der Waals surface area contributed by atoms with E-state index in [1.807, 2.05) is 6.92 Å². The van der Waals surface area contributed by atoms with E-state index in [0.29, 0.717) is 0 Å². The van der Waals surface area contributed by atoms with Gasteiger partial charge in [-0.1, -0.05) is 12.1 Å². The van der Waals surface area contributed by atoms with Crippen LogP contribution in [0.5, 0.6) is 5.75 Å². The number of carbonyl (C=O) groups excluding carboxylic acids is 1. The molecule has 1 amide bonds. The Balaban J connectivity index is 0.00000220. The third-order valence-corrected chi connectivity index (χ3v) is 3.34. The molecule has 0 spiro atoms. The molecule has 2 rings (SSSR count). The van der Waals surface area contributed by atoms with Crippen molar-refractivity contribution in [2.75, 3.05) is 6.54 Å². The first-order chi connectivity index (χ1) is 9.56. The SMILES string of the molecule is CC(NC(=O)C1CCCN1)c1ccc(OC(F)F)cc1.Cl. The van der Waals surface area contributed by atoms with E-state index in [1.165, 1.54) is 12.1 Å². The van der Waals surface area contributed by atoms with Gasteiger partial charge in [-0.25, -0.2) is 0 Å². The molecule has 1 fully saturated rings. The Bertz CT molecular complexity index is 451. The minimum Gasteiger partial charge on any atom is -0.435 e. The van der Waals surface area contributed by atoms with E-state index in [1.54, 1.807) is 12.1 Å². The van der Waals surface area contributed by atoms with Crippen LogP contribution in [0, 0.1) is 0 Å². The quantitative estimate of drug-likeness (QED) is 0.877. The lowest BCUT2D eigenvalue weighted by Crippen LogP contribution is -2.41. The Hall–Kier alpha value is -1.40. The van der Waals surface area contributed by atoms with Crippen LogP contribution in [0.25, 0.3) is 0 Å². The second-order valence-electron chi connectivity index (χ2n) is 4.83. The Morgan fingerprint density at radius 3 is 2.57 bits per heavy atom. The zero-order valence-corrected chi connectivity index (χ0v) is 12.5. The van der Waals surface area contributed by atoms with Crippen LogP contribution in [0.4, 0.5) is 8.78 Å². The summed E-state index contributed by atoms with van der Waals surface area (Å²) in [7, 11) is 0. The molecule has 1 aromatic rings. The summed E-state index contributed by atoms with van der Waals surface area (Å²) < 4.78 is 28.4. The highest BCUT2D eigenvalue weighted by Gasteiger charge is 2.23. The molecule has 118 valence electrons. The van der Waals surface area contributed by atoms with Gasteiger partial charge in [0, 0.05) is 0 Å². The Labute approximate surface area is 128 Å². The van der Waals surface area contributed by atoms with Gasteiger partial charge in [-0.3, -0.25) is 4.79 Å². The average Bonchev–Trinajstić information content (AvgIpc) is 2.92. The van der Waals surface area contributed by atoms with Crippen molar-refractivity contribution >= 4 is 18.3 Å². The first-order valence-corrected chi connectivity index (χ1v) is 6.65. The number of amides is 1. The minimum atomic E-state index is -2.83. The van der Waals surface area contributed by atoms with Crippen molar-refractivity contribution in [1.29, 1.82) is 0 Å². The number of nitrogens with one attached hydrogen (secondary N) is 2. The molecule has 1 saturated heterocycles. The highest BCUT2D eigenvalue weighted by Crippen LogP contribution is 2.19. The molecule has 4 nitrogen and oxygen atoms in total. The lowest BCUT2D eigenvalue weighted by molar-refractivity contribution is -0.123. The normalized spacial score (nSPS) is 19.0. The predicted molar refractivity (Wildman–Crippen MR) is 77.9 cm³/mol. The molecule has 0 aromatic heterocycles. The van der Waals surface area contributed by atoms with Crippen molar-refractivity contribution in [3.05, 3.63) is 29.8 Å². The van der Waals surface area contributed by atoms with Crippen molar-refractivity contribution in [2.24, 2.45) is 0 Å². The summed E-state index contributed by atoms with van der Waals surface area (Å²) >= 11 is 0. The van der Waals surface area contributed by atoms with E-state index in [4.69, 9.17) is 0 Å². The number of rotatable bonds is 5. The van der Waals surface area contributed by atoms with E-state index in [0.717, 1.165) is 24.9 Å². The molecule has 0 aliphatic carbocycles. The monoisotopic (exact) mass is 320 g/mol. The van der Waals surface area contributed by atoms with E-state index in [-0.39, 0.29) is 36.1 Å². The first-order valence-electron chi connectivity index (χ1n) is 6.65. The molecular formula is C14H19ClF2N2O2. The molecule has 1 aliphatic heterocycles. The van der Waals surface area contributed by atoms with Crippen LogP contribution in [-0.2, 0) is 4.79 Å². The van der Waals surface area contributed by atoms with Crippen molar-refractivity contribution < 1.29 is 18.3 Å². The summed E-state index contributed by atoms with van der Waals surface area (Å²) in [6, 6.07) is 5.98. The number of carbonyl (C=O) groups is 1. The molecular weight excluding hydrogens is 302 g/mol. The molecule has 2 atom stereocenters. The molecule has 0 saturated carbocycles. The van der Waals surface area contributed by atoms with Gasteiger partial charge in [-0.05, 0) is 44.0 Å². The lowest BCUT2D eigenvalue weighted by Gasteiger charge is -2.18. The van der Waals surface area contributed by atoms with Gasteiger partial charge in [0.05, 0.1) is 12.1 Å². The van der Waals surface area contributed by atoms with Crippen molar-refractivity contribution in [3.8, 4) is 5.75 Å². The molecule has 7 heteroatoms. The maximum Gasteiger partial charge on any atom is 0.387 e.